The van der Waals surface area contributed by atoms with Gasteiger partial charge in [-0.05, 0) is 48.0 Å². The highest BCUT2D eigenvalue weighted by atomic mass is 35.5. The first kappa shape index (κ1) is 18.0. The molecule has 0 bridgehead atoms. The average Bonchev–Trinajstić information content (AvgIpc) is 3.27. The number of ether oxygens (including phenoxy) is 2. The van der Waals surface area contributed by atoms with E-state index in [0.717, 1.165) is 5.56 Å². The predicted molar refractivity (Wildman–Crippen MR) is 105 cm³/mol. The number of hydrogen-bond donors (Lipinski definition) is 1. The van der Waals surface area contributed by atoms with Crippen molar-refractivity contribution in [2.45, 2.75) is 12.1 Å². The molecule has 3 aromatic rings. The topological polar surface area (TPSA) is 59.0 Å². The third-order valence-corrected chi connectivity index (χ3v) is 5.49. The van der Waals surface area contributed by atoms with Crippen molar-refractivity contribution >= 4 is 23.2 Å². The lowest BCUT2D eigenvalue weighted by Gasteiger charge is -2.24. The van der Waals surface area contributed by atoms with E-state index in [-0.39, 0.29) is 24.5 Å². The molecule has 0 saturated heterocycles. The van der Waals surface area contributed by atoms with Crippen molar-refractivity contribution in [2.75, 3.05) is 11.7 Å². The molecule has 5 nitrogen and oxygen atoms in total. The van der Waals surface area contributed by atoms with Crippen LogP contribution in [0.2, 0.25) is 5.02 Å². The van der Waals surface area contributed by atoms with Crippen LogP contribution in [0.3, 0.4) is 0 Å². The van der Waals surface area contributed by atoms with Gasteiger partial charge in [-0.3, -0.25) is 4.79 Å². The molecule has 1 unspecified atom stereocenters. The van der Waals surface area contributed by atoms with Crippen molar-refractivity contribution in [2.24, 2.45) is 0 Å². The van der Waals surface area contributed by atoms with E-state index in [4.69, 9.17) is 21.1 Å². The second kappa shape index (κ2) is 6.47. The Bertz CT molecular complexity index is 1130. The molecule has 0 spiro atoms. The molecule has 0 saturated carbocycles. The molecule has 29 heavy (non-hydrogen) atoms. The molecule has 2 aliphatic heterocycles. The number of anilines is 1. The Morgan fingerprint density at radius 3 is 2.59 bits per heavy atom. The molecule has 0 fully saturated rings. The summed E-state index contributed by atoms with van der Waals surface area (Å²) in [5, 5.41) is 12.1. The molecule has 3 aromatic carbocycles. The van der Waals surface area contributed by atoms with Crippen LogP contribution >= 0.6 is 11.6 Å². The van der Waals surface area contributed by atoms with Crippen LogP contribution in [-0.2, 0) is 16.9 Å². The van der Waals surface area contributed by atoms with Crippen LogP contribution in [0.15, 0.2) is 60.7 Å². The summed E-state index contributed by atoms with van der Waals surface area (Å²) >= 11 is 5.94. The van der Waals surface area contributed by atoms with Crippen molar-refractivity contribution in [3.8, 4) is 11.5 Å². The lowest BCUT2D eigenvalue weighted by molar-refractivity contribution is -0.132. The minimum absolute atomic E-state index is 0.0685. The zero-order chi connectivity index (χ0) is 20.2. The standard InChI is InChI=1S/C22H15ClFNO4/c23-15-4-1-13(2-5-15)11-25-18-7-6-16(24)10-17(18)22(27,21(25)26)14-3-8-19-20(9-14)29-12-28-19/h1-10,27H,11-12H2. The number of aliphatic hydroxyl groups is 1. The Hall–Kier alpha value is -3.09. The predicted octanol–water partition coefficient (Wildman–Crippen LogP) is 3.99. The van der Waals surface area contributed by atoms with E-state index in [2.05, 4.69) is 0 Å². The van der Waals surface area contributed by atoms with E-state index < -0.39 is 17.3 Å². The molecule has 2 heterocycles. The summed E-state index contributed by atoms with van der Waals surface area (Å²) < 4.78 is 24.7. The number of rotatable bonds is 3. The highest BCUT2D eigenvalue weighted by Gasteiger charge is 2.51. The van der Waals surface area contributed by atoms with Gasteiger partial charge >= 0.3 is 0 Å². The van der Waals surface area contributed by atoms with Gasteiger partial charge in [-0.1, -0.05) is 29.8 Å². The summed E-state index contributed by atoms with van der Waals surface area (Å²) in [6.45, 7) is 0.278. The Morgan fingerprint density at radius 1 is 1.03 bits per heavy atom. The van der Waals surface area contributed by atoms with E-state index in [0.29, 0.717) is 22.2 Å². The van der Waals surface area contributed by atoms with Gasteiger partial charge < -0.3 is 19.5 Å². The van der Waals surface area contributed by atoms with Crippen molar-refractivity contribution in [1.82, 2.24) is 0 Å². The number of hydrogen-bond acceptors (Lipinski definition) is 4. The lowest BCUT2D eigenvalue weighted by atomic mass is 9.87. The SMILES string of the molecule is O=C1N(Cc2ccc(Cl)cc2)c2ccc(F)cc2C1(O)c1ccc2c(c1)OCO2. The number of carbonyl (C=O) groups is 1. The van der Waals surface area contributed by atoms with Crippen LogP contribution in [0.25, 0.3) is 0 Å². The summed E-state index contributed by atoms with van der Waals surface area (Å²) in [5.74, 6) is -0.144. The maximum Gasteiger partial charge on any atom is 0.268 e. The monoisotopic (exact) mass is 411 g/mol. The first-order valence-electron chi connectivity index (χ1n) is 8.96. The normalized spacial score (nSPS) is 19.6. The molecule has 7 heteroatoms. The van der Waals surface area contributed by atoms with Gasteiger partial charge in [0, 0.05) is 16.1 Å². The molecule has 1 atom stereocenters. The molecule has 0 radical (unpaired) electrons. The van der Waals surface area contributed by atoms with Crippen LogP contribution in [-0.4, -0.2) is 17.8 Å². The van der Waals surface area contributed by atoms with Crippen molar-refractivity contribution in [1.29, 1.82) is 0 Å². The lowest BCUT2D eigenvalue weighted by Crippen LogP contribution is -2.40. The van der Waals surface area contributed by atoms with Crippen molar-refractivity contribution < 1.29 is 23.8 Å². The van der Waals surface area contributed by atoms with Gasteiger partial charge in [0.05, 0.1) is 12.2 Å². The number of benzene rings is 3. The molecule has 1 N–H and O–H groups in total. The fourth-order valence-electron chi connectivity index (χ4n) is 3.78. The van der Waals surface area contributed by atoms with Crippen LogP contribution < -0.4 is 14.4 Å². The molecular formula is C22H15ClFNO4. The van der Waals surface area contributed by atoms with Crippen LogP contribution in [0.4, 0.5) is 10.1 Å². The number of halogens is 2. The third-order valence-electron chi connectivity index (χ3n) is 5.24. The van der Waals surface area contributed by atoms with Crippen LogP contribution in [0.1, 0.15) is 16.7 Å². The number of amides is 1. The zero-order valence-corrected chi connectivity index (χ0v) is 15.8. The first-order valence-corrected chi connectivity index (χ1v) is 9.33. The van der Waals surface area contributed by atoms with E-state index >= 15 is 0 Å². The molecule has 146 valence electrons. The summed E-state index contributed by atoms with van der Waals surface area (Å²) in [6.07, 6.45) is 0. The highest BCUT2D eigenvalue weighted by Crippen LogP contribution is 2.47. The minimum Gasteiger partial charge on any atom is -0.454 e. The van der Waals surface area contributed by atoms with E-state index in [9.17, 15) is 14.3 Å². The van der Waals surface area contributed by atoms with Gasteiger partial charge in [-0.25, -0.2) is 4.39 Å². The Balaban J connectivity index is 1.62. The van der Waals surface area contributed by atoms with E-state index in [1.54, 1.807) is 42.5 Å². The molecule has 1 amide bonds. The summed E-state index contributed by atoms with van der Waals surface area (Å²) in [6, 6.07) is 15.8. The van der Waals surface area contributed by atoms with E-state index in [1.807, 2.05) is 0 Å². The summed E-state index contributed by atoms with van der Waals surface area (Å²) in [5.41, 5.74) is -0.280. The van der Waals surface area contributed by atoms with E-state index in [1.165, 1.54) is 23.1 Å². The summed E-state index contributed by atoms with van der Waals surface area (Å²) in [4.78, 5) is 14.9. The maximum absolute atomic E-state index is 14.1. The zero-order valence-electron chi connectivity index (χ0n) is 15.1. The van der Waals surface area contributed by atoms with Gasteiger partial charge in [0.25, 0.3) is 5.91 Å². The van der Waals surface area contributed by atoms with Crippen molar-refractivity contribution in [3.05, 3.63) is 88.2 Å². The highest BCUT2D eigenvalue weighted by molar-refractivity contribution is 6.30. The van der Waals surface area contributed by atoms with Crippen molar-refractivity contribution in [3.63, 3.8) is 0 Å². The number of fused-ring (bicyclic) bond motifs is 2. The maximum atomic E-state index is 14.1. The van der Waals surface area contributed by atoms with Gasteiger partial charge in [0.2, 0.25) is 6.79 Å². The number of carbonyl (C=O) groups excluding carboxylic acids is 1. The largest absolute Gasteiger partial charge is 0.454 e. The van der Waals surface area contributed by atoms with Crippen LogP contribution in [0.5, 0.6) is 11.5 Å². The fourth-order valence-corrected chi connectivity index (χ4v) is 3.91. The van der Waals surface area contributed by atoms with Gasteiger partial charge in [0.1, 0.15) is 5.82 Å². The second-order valence-electron chi connectivity index (χ2n) is 6.96. The molecule has 0 aromatic heterocycles. The average molecular weight is 412 g/mol. The first-order chi connectivity index (χ1) is 14.0. The fraction of sp³-hybridized carbons (Fsp3) is 0.136. The van der Waals surface area contributed by atoms with Gasteiger partial charge in [0.15, 0.2) is 17.1 Å². The Labute approximate surface area is 170 Å². The minimum atomic E-state index is -2.04. The van der Waals surface area contributed by atoms with Crippen LogP contribution in [0, 0.1) is 5.82 Å². The quantitative estimate of drug-likeness (QED) is 0.708. The number of nitrogens with zero attached hydrogens (tertiary/aromatic N) is 1. The smallest absolute Gasteiger partial charge is 0.268 e. The van der Waals surface area contributed by atoms with Gasteiger partial charge in [-0.15, -0.1) is 0 Å². The molecule has 2 aliphatic rings. The molecular weight excluding hydrogens is 397 g/mol. The Kier molecular flexibility index (Phi) is 4.01. The Morgan fingerprint density at radius 2 is 1.79 bits per heavy atom. The van der Waals surface area contributed by atoms with Gasteiger partial charge in [-0.2, -0.15) is 0 Å². The summed E-state index contributed by atoms with van der Waals surface area (Å²) in [7, 11) is 0. The molecule has 0 aliphatic carbocycles. The molecule has 5 rings (SSSR count). The third kappa shape index (κ3) is 2.75. The second-order valence-corrected chi connectivity index (χ2v) is 7.39.